The number of rotatable bonds is 4. The Labute approximate surface area is 177 Å². The van der Waals surface area contributed by atoms with Crippen LogP contribution in [0.3, 0.4) is 0 Å². The number of anilines is 2. The molecule has 0 bridgehead atoms. The number of amides is 2. The van der Waals surface area contributed by atoms with E-state index in [9.17, 15) is 18.0 Å². The highest BCUT2D eigenvalue weighted by atomic mass is 19.4. The number of aromatic nitrogens is 2. The van der Waals surface area contributed by atoms with Crippen molar-refractivity contribution in [2.45, 2.75) is 37.9 Å². The Morgan fingerprint density at radius 1 is 1.03 bits per heavy atom. The predicted octanol–water partition coefficient (Wildman–Crippen LogP) is 5.20. The standard InChI is InChI=1S/C22H22F3N5O/c23-22(24,25)15-10-12-17(13-11-15)30-20(26)19(18(29-30)14-6-2-1-3-7-14)28-21(31)27-16-8-4-5-9-16/h1-3,6-7,10-13,16H,4-5,8-9,26H2,(H2,27,28,31). The number of carbonyl (C=O) groups excluding carboxylic acids is 1. The predicted molar refractivity (Wildman–Crippen MR) is 113 cm³/mol. The Morgan fingerprint density at radius 2 is 1.68 bits per heavy atom. The zero-order chi connectivity index (χ0) is 22.0. The second-order valence-electron chi connectivity index (χ2n) is 7.51. The number of nitrogens with zero attached hydrogens (tertiary/aromatic N) is 2. The minimum atomic E-state index is -4.44. The van der Waals surface area contributed by atoms with Gasteiger partial charge in [-0.05, 0) is 37.1 Å². The number of benzene rings is 2. The van der Waals surface area contributed by atoms with Gasteiger partial charge < -0.3 is 16.4 Å². The highest BCUT2D eigenvalue weighted by molar-refractivity contribution is 5.97. The fraction of sp³-hybridized carbons (Fsp3) is 0.273. The molecule has 0 atom stereocenters. The van der Waals surface area contributed by atoms with Gasteiger partial charge in [-0.2, -0.15) is 18.3 Å². The molecular weight excluding hydrogens is 407 g/mol. The van der Waals surface area contributed by atoms with E-state index in [1.165, 1.54) is 16.8 Å². The molecule has 0 spiro atoms. The van der Waals surface area contributed by atoms with Crippen molar-refractivity contribution in [1.29, 1.82) is 0 Å². The summed E-state index contributed by atoms with van der Waals surface area (Å²) in [6.45, 7) is 0. The molecule has 6 nitrogen and oxygen atoms in total. The molecule has 1 aliphatic carbocycles. The summed E-state index contributed by atoms with van der Waals surface area (Å²) in [6, 6.07) is 13.4. The van der Waals surface area contributed by atoms with Crippen LogP contribution < -0.4 is 16.4 Å². The Hall–Kier alpha value is -3.49. The quantitative estimate of drug-likeness (QED) is 0.533. The Kier molecular flexibility index (Phi) is 5.58. The van der Waals surface area contributed by atoms with Crippen molar-refractivity contribution in [1.82, 2.24) is 15.1 Å². The number of alkyl halides is 3. The molecule has 0 aliphatic heterocycles. The van der Waals surface area contributed by atoms with Gasteiger partial charge in [-0.3, -0.25) is 0 Å². The van der Waals surface area contributed by atoms with Gasteiger partial charge in [0.2, 0.25) is 0 Å². The summed E-state index contributed by atoms with van der Waals surface area (Å²) in [4.78, 5) is 12.6. The number of nitrogens with two attached hydrogens (primary N) is 1. The Bertz CT molecular complexity index is 1060. The molecule has 2 amide bonds. The summed E-state index contributed by atoms with van der Waals surface area (Å²) in [6.07, 6.45) is -0.421. The first-order chi connectivity index (χ1) is 14.8. The van der Waals surface area contributed by atoms with Gasteiger partial charge in [0.25, 0.3) is 0 Å². The number of halogens is 3. The third-order valence-corrected chi connectivity index (χ3v) is 5.34. The number of hydrogen-bond acceptors (Lipinski definition) is 3. The van der Waals surface area contributed by atoms with E-state index in [1.54, 1.807) is 0 Å². The summed E-state index contributed by atoms with van der Waals surface area (Å²) in [5, 5.41) is 10.2. The van der Waals surface area contributed by atoms with Crippen LogP contribution >= 0.6 is 0 Å². The average Bonchev–Trinajstić information content (AvgIpc) is 3.37. The number of urea groups is 1. The van der Waals surface area contributed by atoms with Crippen LogP contribution in [0.1, 0.15) is 31.2 Å². The van der Waals surface area contributed by atoms with Crippen LogP contribution in [0.2, 0.25) is 0 Å². The molecule has 2 aromatic carbocycles. The lowest BCUT2D eigenvalue weighted by Crippen LogP contribution is -2.36. The van der Waals surface area contributed by atoms with Crippen LogP contribution in [0.15, 0.2) is 54.6 Å². The second kappa shape index (κ2) is 8.33. The van der Waals surface area contributed by atoms with Gasteiger partial charge in [-0.1, -0.05) is 43.2 Å². The number of carbonyl (C=O) groups is 1. The molecule has 31 heavy (non-hydrogen) atoms. The molecule has 4 N–H and O–H groups in total. The summed E-state index contributed by atoms with van der Waals surface area (Å²) in [5.74, 6) is 0.125. The van der Waals surface area contributed by atoms with E-state index in [2.05, 4.69) is 15.7 Å². The molecule has 162 valence electrons. The van der Waals surface area contributed by atoms with Crippen molar-refractivity contribution in [2.24, 2.45) is 0 Å². The molecule has 3 aromatic rings. The van der Waals surface area contributed by atoms with E-state index in [0.717, 1.165) is 43.4 Å². The lowest BCUT2D eigenvalue weighted by molar-refractivity contribution is -0.137. The van der Waals surface area contributed by atoms with Gasteiger partial charge in [-0.25, -0.2) is 9.48 Å². The second-order valence-corrected chi connectivity index (χ2v) is 7.51. The van der Waals surface area contributed by atoms with E-state index < -0.39 is 11.7 Å². The Morgan fingerprint density at radius 3 is 2.29 bits per heavy atom. The zero-order valence-corrected chi connectivity index (χ0v) is 16.6. The molecular formula is C22H22F3N5O. The first kappa shape index (κ1) is 20.8. The average molecular weight is 429 g/mol. The zero-order valence-electron chi connectivity index (χ0n) is 16.6. The topological polar surface area (TPSA) is 85.0 Å². The fourth-order valence-electron chi connectivity index (χ4n) is 3.75. The molecule has 9 heteroatoms. The summed E-state index contributed by atoms with van der Waals surface area (Å²) in [5.41, 5.74) is 7.33. The maximum Gasteiger partial charge on any atom is 0.416 e. The molecule has 0 unspecified atom stereocenters. The van der Waals surface area contributed by atoms with Gasteiger partial charge in [-0.15, -0.1) is 0 Å². The van der Waals surface area contributed by atoms with Crippen LogP contribution in [0.25, 0.3) is 16.9 Å². The third kappa shape index (κ3) is 4.50. The van der Waals surface area contributed by atoms with Gasteiger partial charge in [0, 0.05) is 11.6 Å². The SMILES string of the molecule is Nc1c(NC(=O)NC2CCCC2)c(-c2ccccc2)nn1-c1ccc(C(F)(F)F)cc1. The van der Waals surface area contributed by atoms with Crippen LogP contribution in [0.4, 0.5) is 29.5 Å². The molecule has 1 heterocycles. The van der Waals surface area contributed by atoms with E-state index in [-0.39, 0.29) is 17.9 Å². The Balaban J connectivity index is 1.69. The van der Waals surface area contributed by atoms with E-state index in [1.807, 2.05) is 30.3 Å². The monoisotopic (exact) mass is 429 g/mol. The van der Waals surface area contributed by atoms with Crippen LogP contribution in [-0.2, 0) is 6.18 Å². The van der Waals surface area contributed by atoms with E-state index >= 15 is 0 Å². The number of nitrogen functional groups attached to an aromatic ring is 1. The maximum atomic E-state index is 12.9. The van der Waals surface area contributed by atoms with Crippen molar-refractivity contribution in [3.63, 3.8) is 0 Å². The highest BCUT2D eigenvalue weighted by Gasteiger charge is 2.30. The largest absolute Gasteiger partial charge is 0.416 e. The van der Waals surface area contributed by atoms with Gasteiger partial charge in [0.15, 0.2) is 5.82 Å². The smallest absolute Gasteiger partial charge is 0.382 e. The minimum Gasteiger partial charge on any atom is -0.382 e. The molecule has 1 aliphatic rings. The number of hydrogen-bond donors (Lipinski definition) is 3. The van der Waals surface area contributed by atoms with Crippen molar-refractivity contribution >= 4 is 17.5 Å². The van der Waals surface area contributed by atoms with E-state index in [4.69, 9.17) is 5.73 Å². The molecule has 1 fully saturated rings. The van der Waals surface area contributed by atoms with Gasteiger partial charge >= 0.3 is 12.2 Å². The van der Waals surface area contributed by atoms with Crippen molar-refractivity contribution in [3.8, 4) is 16.9 Å². The lowest BCUT2D eigenvalue weighted by atomic mass is 10.1. The summed E-state index contributed by atoms with van der Waals surface area (Å²) in [7, 11) is 0. The molecule has 4 rings (SSSR count). The molecule has 0 radical (unpaired) electrons. The molecule has 1 aromatic heterocycles. The van der Waals surface area contributed by atoms with Crippen LogP contribution in [0, 0.1) is 0 Å². The maximum absolute atomic E-state index is 12.9. The third-order valence-electron chi connectivity index (χ3n) is 5.34. The van der Waals surface area contributed by atoms with E-state index in [0.29, 0.717) is 17.1 Å². The summed E-state index contributed by atoms with van der Waals surface area (Å²) < 4.78 is 40.0. The highest BCUT2D eigenvalue weighted by Crippen LogP contribution is 2.35. The fourth-order valence-corrected chi connectivity index (χ4v) is 3.75. The van der Waals surface area contributed by atoms with Crippen molar-refractivity contribution in [3.05, 3.63) is 60.2 Å². The van der Waals surface area contributed by atoms with Gasteiger partial charge in [0.05, 0.1) is 11.3 Å². The van der Waals surface area contributed by atoms with Crippen molar-refractivity contribution in [2.75, 3.05) is 11.1 Å². The first-order valence-corrected chi connectivity index (χ1v) is 10.0. The lowest BCUT2D eigenvalue weighted by Gasteiger charge is -2.13. The number of nitrogens with one attached hydrogen (secondary N) is 2. The summed E-state index contributed by atoms with van der Waals surface area (Å²) >= 11 is 0. The first-order valence-electron chi connectivity index (χ1n) is 10.0. The molecule has 1 saturated carbocycles. The minimum absolute atomic E-state index is 0.117. The van der Waals surface area contributed by atoms with Crippen molar-refractivity contribution < 1.29 is 18.0 Å². The molecule has 0 saturated heterocycles. The van der Waals surface area contributed by atoms with Gasteiger partial charge in [0.1, 0.15) is 11.4 Å². The normalized spacial score (nSPS) is 14.5. The van der Waals surface area contributed by atoms with Crippen LogP contribution in [-0.4, -0.2) is 21.9 Å². The van der Waals surface area contributed by atoms with Crippen LogP contribution in [0.5, 0.6) is 0 Å².